The van der Waals surface area contributed by atoms with E-state index < -0.39 is 0 Å². The fourth-order valence-corrected chi connectivity index (χ4v) is 6.97. The minimum atomic E-state index is -0.0738. The molecule has 0 saturated heterocycles. The van der Waals surface area contributed by atoms with Gasteiger partial charge in [-0.15, -0.1) is 10.2 Å². The molecule has 0 aliphatic carbocycles. The maximum absolute atomic E-state index is 4.75. The summed E-state index contributed by atoms with van der Waals surface area (Å²) in [5.41, 5.74) is 13.5. The van der Waals surface area contributed by atoms with E-state index in [4.69, 9.17) is 10.2 Å². The van der Waals surface area contributed by atoms with Gasteiger partial charge in [-0.25, -0.2) is 9.36 Å². The second-order valence-electron chi connectivity index (χ2n) is 19.0. The van der Waals surface area contributed by atoms with Crippen LogP contribution in [-0.4, -0.2) is 35.0 Å². The highest BCUT2D eigenvalue weighted by Crippen LogP contribution is 2.42. The zero-order chi connectivity index (χ0) is 38.1. The van der Waals surface area contributed by atoms with Crippen molar-refractivity contribution in [3.63, 3.8) is 0 Å². The molecule has 0 atom stereocenters. The number of nitrogens with one attached hydrogen (secondary N) is 1. The van der Waals surface area contributed by atoms with Gasteiger partial charge in [0.15, 0.2) is 0 Å². The number of aromatic amines is 1. The van der Waals surface area contributed by atoms with E-state index in [0.717, 1.165) is 33.5 Å². The second kappa shape index (κ2) is 12.8. The van der Waals surface area contributed by atoms with Crippen LogP contribution in [0, 0.1) is 0 Å². The van der Waals surface area contributed by atoms with Gasteiger partial charge in [-0.05, 0) is 79.3 Å². The molecule has 0 amide bonds. The van der Waals surface area contributed by atoms with Crippen molar-refractivity contribution in [2.45, 2.75) is 118 Å². The number of H-pyrrole nitrogens is 1. The molecular formula is C46H55N7. The van der Waals surface area contributed by atoms with E-state index >= 15 is 0 Å². The second-order valence-corrected chi connectivity index (χ2v) is 19.0. The van der Waals surface area contributed by atoms with E-state index in [2.05, 4.69) is 184 Å². The minimum absolute atomic E-state index is 0.0738. The number of benzene rings is 4. The third-order valence-electron chi connectivity index (χ3n) is 10.5. The predicted octanol–water partition coefficient (Wildman–Crippen LogP) is 11.1. The molecule has 7 rings (SSSR count). The molecule has 7 heteroatoms. The molecule has 4 aromatic carbocycles. The Morgan fingerprint density at radius 3 is 1.11 bits per heavy atom. The standard InChI is InChI=1S/C46H55N7/c1-43(2,3)31-17-13-29(14-18-31)25-52-27-39(48-50-52)37-23-33(45(7,8)9)21-35-36-22-34(46(10,11)12)24-38(42(36)47-41(35)37)40-28-53(51-49-40)26-30-15-19-32(20-16-30)44(4,5)6/h13-24,27-28,47H,25-26H2,1-12H3. The Balaban J connectivity index is 1.32. The third kappa shape index (κ3) is 7.44. The largest absolute Gasteiger partial charge is 0.353 e. The lowest BCUT2D eigenvalue weighted by Crippen LogP contribution is -2.11. The van der Waals surface area contributed by atoms with Crippen LogP contribution in [0.1, 0.15) is 116 Å². The summed E-state index contributed by atoms with van der Waals surface area (Å²) in [6, 6.07) is 27.0. The van der Waals surface area contributed by atoms with E-state index in [1.807, 2.05) is 9.36 Å². The van der Waals surface area contributed by atoms with Crippen molar-refractivity contribution in [3.05, 3.63) is 119 Å². The average Bonchev–Trinajstić information content (AvgIpc) is 3.82. The van der Waals surface area contributed by atoms with Gasteiger partial charge in [-0.3, -0.25) is 0 Å². The smallest absolute Gasteiger partial charge is 0.115 e. The summed E-state index contributed by atoms with van der Waals surface area (Å²) in [5.74, 6) is 0. The first kappa shape index (κ1) is 36.3. The highest BCUT2D eigenvalue weighted by atomic mass is 15.4. The molecule has 274 valence electrons. The molecule has 1 N–H and O–H groups in total. The Kier molecular flexibility index (Phi) is 8.79. The van der Waals surface area contributed by atoms with Crippen molar-refractivity contribution in [2.24, 2.45) is 0 Å². The number of aromatic nitrogens is 7. The Labute approximate surface area is 314 Å². The lowest BCUT2D eigenvalue weighted by Gasteiger charge is -2.21. The third-order valence-corrected chi connectivity index (χ3v) is 10.5. The Bertz CT molecular complexity index is 2240. The number of nitrogens with zero attached hydrogens (tertiary/aromatic N) is 6. The van der Waals surface area contributed by atoms with Crippen molar-refractivity contribution < 1.29 is 0 Å². The minimum Gasteiger partial charge on any atom is -0.353 e. The summed E-state index contributed by atoms with van der Waals surface area (Å²) in [6.07, 6.45) is 4.15. The first-order valence-corrected chi connectivity index (χ1v) is 18.9. The average molecular weight is 706 g/mol. The molecular weight excluding hydrogens is 651 g/mol. The molecule has 0 aliphatic rings. The topological polar surface area (TPSA) is 77.2 Å². The van der Waals surface area contributed by atoms with E-state index in [1.54, 1.807) is 0 Å². The SMILES string of the molecule is CC(C)(C)c1ccc(Cn2cc(-c3cc(C(C)(C)C)cc4c3[nH]c3c(-c5cn(Cc6ccc(C(C)(C)C)cc6)nn5)cc(C(C)(C)C)cc34)nn2)cc1. The molecule has 3 heterocycles. The van der Waals surface area contributed by atoms with Gasteiger partial charge in [0.25, 0.3) is 0 Å². The van der Waals surface area contributed by atoms with E-state index in [-0.39, 0.29) is 21.7 Å². The molecule has 3 aromatic heterocycles. The molecule has 0 aliphatic heterocycles. The monoisotopic (exact) mass is 705 g/mol. The van der Waals surface area contributed by atoms with Gasteiger partial charge in [0.1, 0.15) is 11.4 Å². The van der Waals surface area contributed by atoms with Gasteiger partial charge in [0.05, 0.1) is 36.5 Å². The lowest BCUT2D eigenvalue weighted by molar-refractivity contribution is 0.588. The van der Waals surface area contributed by atoms with Crippen LogP contribution in [0.3, 0.4) is 0 Å². The summed E-state index contributed by atoms with van der Waals surface area (Å²) in [6.45, 7) is 28.4. The number of hydrogen-bond acceptors (Lipinski definition) is 4. The van der Waals surface area contributed by atoms with Crippen LogP contribution in [0.25, 0.3) is 44.3 Å². The van der Waals surface area contributed by atoms with Crippen LogP contribution in [0.5, 0.6) is 0 Å². The van der Waals surface area contributed by atoms with Gasteiger partial charge < -0.3 is 4.98 Å². The summed E-state index contributed by atoms with van der Waals surface area (Å²) < 4.78 is 3.88. The zero-order valence-corrected chi connectivity index (χ0v) is 33.7. The molecule has 53 heavy (non-hydrogen) atoms. The Morgan fingerprint density at radius 1 is 0.453 bits per heavy atom. The van der Waals surface area contributed by atoms with E-state index in [9.17, 15) is 0 Å². The van der Waals surface area contributed by atoms with Crippen molar-refractivity contribution in [3.8, 4) is 22.5 Å². The first-order chi connectivity index (χ1) is 24.7. The molecule has 0 bridgehead atoms. The van der Waals surface area contributed by atoms with E-state index in [1.165, 1.54) is 44.2 Å². The maximum Gasteiger partial charge on any atom is 0.115 e. The number of hydrogen-bond donors (Lipinski definition) is 1. The Hall–Kier alpha value is -5.04. The normalized spacial score (nSPS) is 13.1. The molecule has 0 radical (unpaired) electrons. The lowest BCUT2D eigenvalue weighted by atomic mass is 9.83. The predicted molar refractivity (Wildman–Crippen MR) is 220 cm³/mol. The van der Waals surface area contributed by atoms with Crippen molar-refractivity contribution in [2.75, 3.05) is 0 Å². The van der Waals surface area contributed by atoms with Gasteiger partial charge in [-0.1, -0.05) is 142 Å². The summed E-state index contributed by atoms with van der Waals surface area (Å²) in [5, 5.41) is 21.1. The molecule has 0 saturated carbocycles. The summed E-state index contributed by atoms with van der Waals surface area (Å²) in [4.78, 5) is 3.87. The first-order valence-electron chi connectivity index (χ1n) is 18.9. The molecule has 0 spiro atoms. The quantitative estimate of drug-likeness (QED) is 0.187. The fourth-order valence-electron chi connectivity index (χ4n) is 6.97. The molecule has 0 fully saturated rings. The van der Waals surface area contributed by atoms with Crippen LogP contribution in [0.15, 0.2) is 85.2 Å². The van der Waals surface area contributed by atoms with Crippen molar-refractivity contribution >= 4 is 21.8 Å². The summed E-state index contributed by atoms with van der Waals surface area (Å²) >= 11 is 0. The van der Waals surface area contributed by atoms with Crippen LogP contribution >= 0.6 is 0 Å². The van der Waals surface area contributed by atoms with Crippen molar-refractivity contribution in [1.82, 2.24) is 35.0 Å². The molecule has 7 aromatic rings. The van der Waals surface area contributed by atoms with E-state index in [0.29, 0.717) is 13.1 Å². The van der Waals surface area contributed by atoms with Gasteiger partial charge in [-0.2, -0.15) is 0 Å². The van der Waals surface area contributed by atoms with Crippen LogP contribution in [0.4, 0.5) is 0 Å². The fraction of sp³-hybridized carbons (Fsp3) is 0.391. The van der Waals surface area contributed by atoms with Crippen molar-refractivity contribution in [1.29, 1.82) is 0 Å². The van der Waals surface area contributed by atoms with Crippen LogP contribution in [0.2, 0.25) is 0 Å². The molecule has 0 unspecified atom stereocenters. The summed E-state index contributed by atoms with van der Waals surface area (Å²) in [7, 11) is 0. The number of rotatable bonds is 6. The van der Waals surface area contributed by atoms with Crippen LogP contribution < -0.4 is 0 Å². The maximum atomic E-state index is 4.75. The van der Waals surface area contributed by atoms with Gasteiger partial charge in [0.2, 0.25) is 0 Å². The highest BCUT2D eigenvalue weighted by molar-refractivity contribution is 6.15. The number of fused-ring (bicyclic) bond motifs is 3. The Morgan fingerprint density at radius 2 is 0.792 bits per heavy atom. The molecule has 7 nitrogen and oxygen atoms in total. The van der Waals surface area contributed by atoms with Gasteiger partial charge >= 0.3 is 0 Å². The highest BCUT2D eigenvalue weighted by Gasteiger charge is 2.25. The zero-order valence-electron chi connectivity index (χ0n) is 33.7. The van der Waals surface area contributed by atoms with Gasteiger partial charge in [0, 0.05) is 21.9 Å². The van der Waals surface area contributed by atoms with Crippen LogP contribution in [-0.2, 0) is 34.7 Å².